The standard InChI is InChI=1S/C18H19F2N3O2/c19-16-5-1-3-14(11-16)7-9-21-18(13-23(24)25)22-10-8-15-4-2-6-17(20)12-15/h1-6,11-13,21-22H,7-10H2. The minimum atomic E-state index is -0.556. The summed E-state index contributed by atoms with van der Waals surface area (Å²) >= 11 is 0. The number of benzene rings is 2. The summed E-state index contributed by atoms with van der Waals surface area (Å²) in [4.78, 5) is 10.2. The van der Waals surface area contributed by atoms with Crippen molar-refractivity contribution in [2.75, 3.05) is 13.1 Å². The maximum Gasteiger partial charge on any atom is 0.274 e. The third-order valence-corrected chi connectivity index (χ3v) is 3.47. The fraction of sp³-hybridized carbons (Fsp3) is 0.222. The molecule has 0 amide bonds. The van der Waals surface area contributed by atoms with E-state index in [1.54, 1.807) is 24.3 Å². The molecule has 0 spiro atoms. The van der Waals surface area contributed by atoms with Gasteiger partial charge in [-0.1, -0.05) is 24.3 Å². The molecule has 0 unspecified atom stereocenters. The number of nitrogens with one attached hydrogen (secondary N) is 2. The summed E-state index contributed by atoms with van der Waals surface area (Å²) in [6.07, 6.45) is 1.90. The van der Waals surface area contributed by atoms with Crippen molar-refractivity contribution in [3.05, 3.63) is 93.4 Å². The molecule has 0 aliphatic rings. The zero-order valence-corrected chi connectivity index (χ0v) is 13.5. The molecule has 0 aliphatic carbocycles. The maximum absolute atomic E-state index is 13.1. The van der Waals surface area contributed by atoms with E-state index in [9.17, 15) is 18.9 Å². The van der Waals surface area contributed by atoms with Crippen LogP contribution < -0.4 is 10.6 Å². The van der Waals surface area contributed by atoms with Gasteiger partial charge in [0.2, 0.25) is 0 Å². The third kappa shape index (κ3) is 6.99. The highest BCUT2D eigenvalue weighted by molar-refractivity contribution is 5.17. The Morgan fingerprint density at radius 3 is 1.84 bits per heavy atom. The van der Waals surface area contributed by atoms with Crippen LogP contribution in [-0.4, -0.2) is 18.0 Å². The molecule has 0 radical (unpaired) electrons. The van der Waals surface area contributed by atoms with Gasteiger partial charge in [-0.25, -0.2) is 8.78 Å². The van der Waals surface area contributed by atoms with Gasteiger partial charge >= 0.3 is 0 Å². The lowest BCUT2D eigenvalue weighted by Gasteiger charge is -2.11. The Kier molecular flexibility index (Phi) is 6.88. The molecular weight excluding hydrogens is 328 g/mol. The average Bonchev–Trinajstić information content (AvgIpc) is 2.54. The first kappa shape index (κ1) is 18.4. The molecule has 0 aliphatic heterocycles. The quantitative estimate of drug-likeness (QED) is 0.541. The summed E-state index contributed by atoms with van der Waals surface area (Å²) in [6.45, 7) is 0.826. The van der Waals surface area contributed by atoms with Gasteiger partial charge in [-0.15, -0.1) is 0 Å². The van der Waals surface area contributed by atoms with Crippen LogP contribution in [0.15, 0.2) is 60.6 Å². The smallest absolute Gasteiger partial charge is 0.274 e. The molecule has 0 heterocycles. The van der Waals surface area contributed by atoms with Crippen molar-refractivity contribution >= 4 is 0 Å². The van der Waals surface area contributed by atoms with E-state index in [2.05, 4.69) is 10.6 Å². The molecule has 0 bridgehead atoms. The molecule has 0 atom stereocenters. The van der Waals surface area contributed by atoms with Gasteiger partial charge in [-0.3, -0.25) is 10.1 Å². The predicted molar refractivity (Wildman–Crippen MR) is 91.3 cm³/mol. The van der Waals surface area contributed by atoms with E-state index in [1.165, 1.54) is 24.3 Å². The summed E-state index contributed by atoms with van der Waals surface area (Å²) in [5.74, 6) is -0.364. The molecule has 2 aromatic rings. The van der Waals surface area contributed by atoms with Gasteiger partial charge < -0.3 is 10.6 Å². The molecule has 0 saturated carbocycles. The first-order chi connectivity index (χ1) is 12.0. The van der Waals surface area contributed by atoms with Crippen LogP contribution in [0.3, 0.4) is 0 Å². The van der Waals surface area contributed by atoms with Crippen LogP contribution in [-0.2, 0) is 12.8 Å². The van der Waals surface area contributed by atoms with Crippen molar-refractivity contribution in [1.82, 2.24) is 10.6 Å². The van der Waals surface area contributed by atoms with Crippen molar-refractivity contribution in [2.24, 2.45) is 0 Å². The Morgan fingerprint density at radius 1 is 0.960 bits per heavy atom. The van der Waals surface area contributed by atoms with Crippen LogP contribution >= 0.6 is 0 Å². The van der Waals surface area contributed by atoms with E-state index in [-0.39, 0.29) is 17.5 Å². The normalized spacial score (nSPS) is 10.2. The molecular formula is C18H19F2N3O2. The summed E-state index contributed by atoms with van der Waals surface area (Å²) in [6, 6.07) is 12.4. The minimum absolute atomic E-state index is 0.262. The SMILES string of the molecule is O=[N+]([O-])C=C(NCCc1cccc(F)c1)NCCc1cccc(F)c1. The summed E-state index contributed by atoms with van der Waals surface area (Å²) in [5.41, 5.74) is 1.60. The summed E-state index contributed by atoms with van der Waals surface area (Å²) in [5, 5.41) is 16.6. The van der Waals surface area contributed by atoms with E-state index in [0.29, 0.717) is 25.9 Å². The average molecular weight is 347 g/mol. The number of rotatable bonds is 9. The first-order valence-corrected chi connectivity index (χ1v) is 7.85. The highest BCUT2D eigenvalue weighted by atomic mass is 19.1. The van der Waals surface area contributed by atoms with E-state index in [4.69, 9.17) is 0 Å². The van der Waals surface area contributed by atoms with Crippen LogP contribution in [0.1, 0.15) is 11.1 Å². The lowest BCUT2D eigenvalue weighted by molar-refractivity contribution is -0.404. The minimum Gasteiger partial charge on any atom is -0.366 e. The van der Waals surface area contributed by atoms with Gasteiger partial charge in [0.1, 0.15) is 11.6 Å². The van der Waals surface area contributed by atoms with Crippen LogP contribution in [0, 0.1) is 21.7 Å². The van der Waals surface area contributed by atoms with Crippen molar-refractivity contribution < 1.29 is 13.7 Å². The van der Waals surface area contributed by atoms with Gasteiger partial charge in [-0.05, 0) is 48.2 Å². The van der Waals surface area contributed by atoms with Crippen molar-refractivity contribution in [2.45, 2.75) is 12.8 Å². The van der Waals surface area contributed by atoms with Crippen LogP contribution in [0.4, 0.5) is 8.78 Å². The topological polar surface area (TPSA) is 67.2 Å². The fourth-order valence-electron chi connectivity index (χ4n) is 2.33. The lowest BCUT2D eigenvalue weighted by atomic mass is 10.1. The van der Waals surface area contributed by atoms with Gasteiger partial charge in [0.15, 0.2) is 5.82 Å². The second-order valence-electron chi connectivity index (χ2n) is 5.44. The lowest BCUT2D eigenvalue weighted by Crippen LogP contribution is -2.30. The van der Waals surface area contributed by atoms with Gasteiger partial charge in [-0.2, -0.15) is 0 Å². The van der Waals surface area contributed by atoms with Crippen LogP contribution in [0.25, 0.3) is 0 Å². The Bertz CT molecular complexity index is 697. The van der Waals surface area contributed by atoms with E-state index >= 15 is 0 Å². The molecule has 2 rings (SSSR count). The molecule has 5 nitrogen and oxygen atoms in total. The Hall–Kier alpha value is -2.96. The number of nitrogens with zero attached hydrogens (tertiary/aromatic N) is 1. The molecule has 7 heteroatoms. The highest BCUT2D eigenvalue weighted by Gasteiger charge is 2.04. The fourth-order valence-corrected chi connectivity index (χ4v) is 2.33. The number of halogens is 2. The van der Waals surface area contributed by atoms with Crippen molar-refractivity contribution in [3.63, 3.8) is 0 Å². The van der Waals surface area contributed by atoms with Gasteiger partial charge in [0, 0.05) is 13.1 Å². The van der Waals surface area contributed by atoms with Gasteiger partial charge in [0.25, 0.3) is 6.20 Å². The van der Waals surface area contributed by atoms with E-state index < -0.39 is 4.92 Å². The summed E-state index contributed by atoms with van der Waals surface area (Å²) in [7, 11) is 0. The molecule has 0 fully saturated rings. The zero-order valence-electron chi connectivity index (χ0n) is 13.5. The highest BCUT2D eigenvalue weighted by Crippen LogP contribution is 2.05. The molecule has 0 saturated heterocycles. The molecule has 2 aromatic carbocycles. The largest absolute Gasteiger partial charge is 0.366 e. The number of hydrogen-bond acceptors (Lipinski definition) is 4. The van der Waals surface area contributed by atoms with Crippen LogP contribution in [0.2, 0.25) is 0 Å². The molecule has 132 valence electrons. The Balaban J connectivity index is 1.83. The van der Waals surface area contributed by atoms with E-state index in [1.807, 2.05) is 0 Å². The third-order valence-electron chi connectivity index (χ3n) is 3.47. The van der Waals surface area contributed by atoms with Gasteiger partial charge in [0.05, 0.1) is 4.92 Å². The van der Waals surface area contributed by atoms with Crippen molar-refractivity contribution in [3.8, 4) is 0 Å². The second kappa shape index (κ2) is 9.36. The maximum atomic E-state index is 13.1. The zero-order chi connectivity index (χ0) is 18.1. The molecule has 2 N–H and O–H groups in total. The van der Waals surface area contributed by atoms with E-state index in [0.717, 1.165) is 17.3 Å². The number of nitro groups is 1. The summed E-state index contributed by atoms with van der Waals surface area (Å²) < 4.78 is 26.2. The van der Waals surface area contributed by atoms with Crippen molar-refractivity contribution in [1.29, 1.82) is 0 Å². The Morgan fingerprint density at radius 2 is 1.44 bits per heavy atom. The molecule has 25 heavy (non-hydrogen) atoms. The predicted octanol–water partition coefficient (Wildman–Crippen LogP) is 3.00. The first-order valence-electron chi connectivity index (χ1n) is 7.85. The van der Waals surface area contributed by atoms with Crippen LogP contribution in [0.5, 0.6) is 0 Å². The molecule has 0 aromatic heterocycles. The Labute approximate surface area is 144 Å². The second-order valence-corrected chi connectivity index (χ2v) is 5.44. The number of hydrogen-bond donors (Lipinski definition) is 2. The monoisotopic (exact) mass is 347 g/mol.